The molecule has 0 amide bonds. The molecule has 0 aromatic heterocycles. The van der Waals surface area contributed by atoms with E-state index in [9.17, 15) is 4.39 Å². The van der Waals surface area contributed by atoms with Crippen molar-refractivity contribution < 1.29 is 9.13 Å². The molecule has 0 bridgehead atoms. The van der Waals surface area contributed by atoms with E-state index in [1.165, 1.54) is 6.07 Å². The highest BCUT2D eigenvalue weighted by atomic mass is 35.5. The Morgan fingerprint density at radius 1 is 1.24 bits per heavy atom. The van der Waals surface area contributed by atoms with Gasteiger partial charge in [-0.05, 0) is 55.3 Å². The van der Waals surface area contributed by atoms with Crippen molar-refractivity contribution in [3.8, 4) is 5.75 Å². The summed E-state index contributed by atoms with van der Waals surface area (Å²) in [5.74, 6) is 0.298. The van der Waals surface area contributed by atoms with E-state index in [0.717, 1.165) is 11.1 Å². The maximum absolute atomic E-state index is 13.8. The molecular formula is C16H15ClFNOS. The standard InChI is InChI=1S/C16H15ClFNOS/c1-9-5-13(6-10(2)15(9)17)20-8-12-7-11(16(19)21)3-4-14(12)18/h3-7H,8H2,1-2H3,(H2,19,21). The number of ether oxygens (including phenoxy) is 1. The first-order valence-corrected chi connectivity index (χ1v) is 7.15. The van der Waals surface area contributed by atoms with Crippen LogP contribution in [0.25, 0.3) is 0 Å². The fourth-order valence-electron chi connectivity index (χ4n) is 1.99. The minimum Gasteiger partial charge on any atom is -0.489 e. The van der Waals surface area contributed by atoms with Gasteiger partial charge in [0.15, 0.2) is 0 Å². The van der Waals surface area contributed by atoms with Crippen LogP contribution in [0.2, 0.25) is 5.02 Å². The Balaban J connectivity index is 2.20. The number of halogens is 2. The van der Waals surface area contributed by atoms with Crippen LogP contribution in [0.4, 0.5) is 4.39 Å². The Morgan fingerprint density at radius 3 is 2.43 bits per heavy atom. The lowest BCUT2D eigenvalue weighted by Gasteiger charge is -2.11. The van der Waals surface area contributed by atoms with Crippen molar-refractivity contribution in [2.45, 2.75) is 20.5 Å². The maximum Gasteiger partial charge on any atom is 0.129 e. The molecule has 5 heteroatoms. The molecule has 2 aromatic rings. The first-order chi connectivity index (χ1) is 9.88. The lowest BCUT2D eigenvalue weighted by atomic mass is 10.1. The SMILES string of the molecule is Cc1cc(OCc2cc(C(N)=S)ccc2F)cc(C)c1Cl. The van der Waals surface area contributed by atoms with Crippen molar-refractivity contribution in [2.24, 2.45) is 5.73 Å². The number of nitrogens with two attached hydrogens (primary N) is 1. The molecule has 21 heavy (non-hydrogen) atoms. The van der Waals surface area contributed by atoms with Gasteiger partial charge in [0.05, 0.1) is 0 Å². The summed E-state index contributed by atoms with van der Waals surface area (Å²) in [7, 11) is 0. The Labute approximate surface area is 133 Å². The van der Waals surface area contributed by atoms with Gasteiger partial charge in [-0.1, -0.05) is 23.8 Å². The molecule has 0 radical (unpaired) electrons. The van der Waals surface area contributed by atoms with E-state index in [0.29, 0.717) is 21.9 Å². The van der Waals surface area contributed by atoms with Gasteiger partial charge in [-0.25, -0.2) is 4.39 Å². The highest BCUT2D eigenvalue weighted by Gasteiger charge is 2.08. The molecule has 0 heterocycles. The van der Waals surface area contributed by atoms with Gasteiger partial charge in [-0.3, -0.25) is 0 Å². The highest BCUT2D eigenvalue weighted by Crippen LogP contribution is 2.26. The van der Waals surface area contributed by atoms with Crippen LogP contribution in [0.1, 0.15) is 22.3 Å². The summed E-state index contributed by atoms with van der Waals surface area (Å²) in [6, 6.07) is 8.14. The van der Waals surface area contributed by atoms with Gasteiger partial charge in [0.2, 0.25) is 0 Å². The third-order valence-corrected chi connectivity index (χ3v) is 3.97. The largest absolute Gasteiger partial charge is 0.489 e. The highest BCUT2D eigenvalue weighted by molar-refractivity contribution is 7.80. The van der Waals surface area contributed by atoms with Gasteiger partial charge in [0, 0.05) is 16.1 Å². The van der Waals surface area contributed by atoms with Crippen LogP contribution in [-0.2, 0) is 6.61 Å². The number of thiocarbonyl (C=S) groups is 1. The van der Waals surface area contributed by atoms with Crippen LogP contribution in [0, 0.1) is 19.7 Å². The van der Waals surface area contributed by atoms with E-state index in [2.05, 4.69) is 0 Å². The molecule has 0 spiro atoms. The van der Waals surface area contributed by atoms with Crippen LogP contribution in [0.5, 0.6) is 5.75 Å². The van der Waals surface area contributed by atoms with E-state index in [-0.39, 0.29) is 17.4 Å². The van der Waals surface area contributed by atoms with Gasteiger partial charge in [0.25, 0.3) is 0 Å². The number of aryl methyl sites for hydroxylation is 2. The quantitative estimate of drug-likeness (QED) is 0.852. The van der Waals surface area contributed by atoms with Crippen molar-refractivity contribution in [2.75, 3.05) is 0 Å². The molecule has 2 rings (SSSR count). The van der Waals surface area contributed by atoms with Crippen LogP contribution in [-0.4, -0.2) is 4.99 Å². The van der Waals surface area contributed by atoms with Crippen LogP contribution in [0.15, 0.2) is 30.3 Å². The van der Waals surface area contributed by atoms with Crippen molar-refractivity contribution in [3.63, 3.8) is 0 Å². The van der Waals surface area contributed by atoms with Crippen LogP contribution in [0.3, 0.4) is 0 Å². The molecule has 2 aromatic carbocycles. The number of hydrogen-bond donors (Lipinski definition) is 1. The zero-order valence-corrected chi connectivity index (χ0v) is 13.3. The van der Waals surface area contributed by atoms with Crippen molar-refractivity contribution in [3.05, 3.63) is 63.4 Å². The lowest BCUT2D eigenvalue weighted by molar-refractivity contribution is 0.299. The smallest absolute Gasteiger partial charge is 0.129 e. The Hall–Kier alpha value is -1.65. The number of benzene rings is 2. The van der Waals surface area contributed by atoms with Gasteiger partial charge >= 0.3 is 0 Å². The summed E-state index contributed by atoms with van der Waals surface area (Å²) in [6.07, 6.45) is 0. The van der Waals surface area contributed by atoms with E-state index in [1.807, 2.05) is 26.0 Å². The maximum atomic E-state index is 13.8. The molecule has 110 valence electrons. The summed E-state index contributed by atoms with van der Waals surface area (Å²) in [5.41, 5.74) is 8.42. The van der Waals surface area contributed by atoms with Crippen LogP contribution >= 0.6 is 23.8 Å². The lowest BCUT2D eigenvalue weighted by Crippen LogP contribution is -2.10. The number of rotatable bonds is 4. The second-order valence-corrected chi connectivity index (χ2v) is 5.65. The molecule has 0 aliphatic rings. The number of hydrogen-bond acceptors (Lipinski definition) is 2. The first kappa shape index (κ1) is 15.7. The third-order valence-electron chi connectivity index (χ3n) is 3.13. The predicted molar refractivity (Wildman–Crippen MR) is 87.5 cm³/mol. The monoisotopic (exact) mass is 323 g/mol. The summed E-state index contributed by atoms with van der Waals surface area (Å²) in [4.78, 5) is 0.231. The zero-order valence-electron chi connectivity index (χ0n) is 11.7. The van der Waals surface area contributed by atoms with E-state index in [4.69, 9.17) is 34.3 Å². The van der Waals surface area contributed by atoms with E-state index < -0.39 is 0 Å². The molecule has 2 nitrogen and oxygen atoms in total. The molecule has 0 saturated heterocycles. The van der Waals surface area contributed by atoms with Gasteiger partial charge in [-0.15, -0.1) is 0 Å². The predicted octanol–water partition coefficient (Wildman–Crippen LogP) is 4.31. The molecule has 0 saturated carbocycles. The molecule has 0 unspecified atom stereocenters. The van der Waals surface area contributed by atoms with Crippen LogP contribution < -0.4 is 10.5 Å². The average molecular weight is 324 g/mol. The third kappa shape index (κ3) is 3.71. The van der Waals surface area contributed by atoms with Crippen molar-refractivity contribution >= 4 is 28.8 Å². The van der Waals surface area contributed by atoms with Gasteiger partial charge in [-0.2, -0.15) is 0 Å². The summed E-state index contributed by atoms with van der Waals surface area (Å²) >= 11 is 11.0. The molecule has 0 aliphatic carbocycles. The van der Waals surface area contributed by atoms with Gasteiger partial charge < -0.3 is 10.5 Å². The Kier molecular flexibility index (Phi) is 4.80. The Bertz CT molecular complexity index is 680. The summed E-state index contributed by atoms with van der Waals surface area (Å²) in [6.45, 7) is 3.90. The molecular weight excluding hydrogens is 309 g/mol. The van der Waals surface area contributed by atoms with E-state index in [1.54, 1.807) is 12.1 Å². The summed E-state index contributed by atoms with van der Waals surface area (Å²) < 4.78 is 19.4. The second kappa shape index (κ2) is 6.41. The van der Waals surface area contributed by atoms with Crippen molar-refractivity contribution in [1.29, 1.82) is 0 Å². The van der Waals surface area contributed by atoms with Crippen molar-refractivity contribution in [1.82, 2.24) is 0 Å². The molecule has 0 atom stereocenters. The zero-order chi connectivity index (χ0) is 15.6. The molecule has 0 fully saturated rings. The summed E-state index contributed by atoms with van der Waals surface area (Å²) in [5, 5.41) is 0.712. The van der Waals surface area contributed by atoms with E-state index >= 15 is 0 Å². The fraction of sp³-hybridized carbons (Fsp3) is 0.188. The normalized spacial score (nSPS) is 10.5. The first-order valence-electron chi connectivity index (χ1n) is 6.36. The molecule has 0 aliphatic heterocycles. The molecule has 2 N–H and O–H groups in total. The Morgan fingerprint density at radius 2 is 1.86 bits per heavy atom. The minimum atomic E-state index is -0.350. The van der Waals surface area contributed by atoms with Gasteiger partial charge in [0.1, 0.15) is 23.2 Å². The average Bonchev–Trinajstić information content (AvgIpc) is 2.43. The second-order valence-electron chi connectivity index (χ2n) is 4.83. The minimum absolute atomic E-state index is 0.1000. The topological polar surface area (TPSA) is 35.2 Å². The fourth-order valence-corrected chi connectivity index (χ4v) is 2.23.